The largest absolute Gasteiger partial charge is 0.486 e. The van der Waals surface area contributed by atoms with Crippen LogP contribution in [0.2, 0.25) is 0 Å². The summed E-state index contributed by atoms with van der Waals surface area (Å²) in [4.78, 5) is 10.9. The van der Waals surface area contributed by atoms with Crippen molar-refractivity contribution in [3.05, 3.63) is 47.5 Å². The molecule has 0 bridgehead atoms. The van der Waals surface area contributed by atoms with Gasteiger partial charge in [-0.1, -0.05) is 6.07 Å². The number of hydrogen-bond donors (Lipinski definition) is 0. The quantitative estimate of drug-likeness (QED) is 0.821. The van der Waals surface area contributed by atoms with E-state index in [9.17, 15) is 0 Å². The Morgan fingerprint density at radius 3 is 2.85 bits per heavy atom. The van der Waals surface area contributed by atoms with E-state index >= 15 is 0 Å². The van der Waals surface area contributed by atoms with Crippen molar-refractivity contribution in [1.82, 2.24) is 14.9 Å². The molecule has 0 amide bonds. The number of aryl methyl sites for hydroxylation is 2. The molecule has 6 nitrogen and oxygen atoms in total. The molecule has 0 saturated carbocycles. The zero-order valence-electron chi connectivity index (χ0n) is 15.2. The Kier molecular flexibility index (Phi) is 5.32. The van der Waals surface area contributed by atoms with Gasteiger partial charge in [-0.3, -0.25) is 4.90 Å². The molecule has 0 unspecified atom stereocenters. The van der Waals surface area contributed by atoms with Crippen LogP contribution >= 0.6 is 0 Å². The fourth-order valence-corrected chi connectivity index (χ4v) is 3.50. The summed E-state index contributed by atoms with van der Waals surface area (Å²) in [5, 5.41) is 0. The highest BCUT2D eigenvalue weighted by Gasteiger charge is 2.21. The minimum absolute atomic E-state index is 0.247. The molecule has 0 spiro atoms. The highest BCUT2D eigenvalue weighted by Crippen LogP contribution is 2.31. The summed E-state index contributed by atoms with van der Waals surface area (Å²) in [6.45, 7) is 6.83. The first-order chi connectivity index (χ1) is 12.8. The first kappa shape index (κ1) is 17.2. The number of morpholine rings is 1. The van der Waals surface area contributed by atoms with Crippen LogP contribution in [0.4, 0.5) is 0 Å². The van der Waals surface area contributed by atoms with Crippen molar-refractivity contribution in [2.24, 2.45) is 0 Å². The minimum atomic E-state index is 0.247. The van der Waals surface area contributed by atoms with Gasteiger partial charge >= 0.3 is 0 Å². The third kappa shape index (κ3) is 4.31. The molecule has 2 aliphatic rings. The van der Waals surface area contributed by atoms with Crippen molar-refractivity contribution in [1.29, 1.82) is 0 Å². The molecule has 6 heteroatoms. The Hall–Kier alpha value is -2.18. The van der Waals surface area contributed by atoms with Gasteiger partial charge in [-0.25, -0.2) is 9.97 Å². The Balaban J connectivity index is 1.32. The Morgan fingerprint density at radius 1 is 1.08 bits per heavy atom. The van der Waals surface area contributed by atoms with Crippen molar-refractivity contribution in [2.75, 3.05) is 32.9 Å². The van der Waals surface area contributed by atoms with Crippen LogP contribution in [0.5, 0.6) is 11.5 Å². The normalized spacial score (nSPS) is 20.1. The summed E-state index contributed by atoms with van der Waals surface area (Å²) in [7, 11) is 0. The standard InChI is InChI=1S/C20H25N3O3/c1-15-10-17(22-14-21-15)3-4-18-13-23(6-7-24-18)12-16-2-5-19-20(11-16)26-9-8-25-19/h2,5,10-11,14,18H,3-4,6-9,12-13H2,1H3/t18-/m1/s1. The SMILES string of the molecule is Cc1cc(CC[C@@H]2CN(Cc3ccc4c(c3)OCCO4)CCO2)ncn1. The maximum absolute atomic E-state index is 5.96. The van der Waals surface area contributed by atoms with Gasteiger partial charge in [-0.15, -0.1) is 0 Å². The predicted octanol–water partition coefficient (Wildman–Crippen LogP) is 2.39. The molecule has 1 saturated heterocycles. The van der Waals surface area contributed by atoms with E-state index in [2.05, 4.69) is 33.1 Å². The van der Waals surface area contributed by atoms with E-state index in [1.165, 1.54) is 5.56 Å². The Labute approximate surface area is 154 Å². The molecule has 138 valence electrons. The lowest BCUT2D eigenvalue weighted by atomic mass is 10.1. The average molecular weight is 355 g/mol. The van der Waals surface area contributed by atoms with Crippen LogP contribution in [-0.2, 0) is 17.7 Å². The van der Waals surface area contributed by atoms with Gasteiger partial charge in [0.2, 0.25) is 0 Å². The third-order valence-corrected chi connectivity index (χ3v) is 4.82. The Morgan fingerprint density at radius 2 is 1.96 bits per heavy atom. The number of hydrogen-bond acceptors (Lipinski definition) is 6. The molecule has 2 aromatic rings. The highest BCUT2D eigenvalue weighted by atomic mass is 16.6. The molecular weight excluding hydrogens is 330 g/mol. The zero-order valence-corrected chi connectivity index (χ0v) is 15.2. The average Bonchev–Trinajstić information content (AvgIpc) is 2.67. The molecule has 26 heavy (non-hydrogen) atoms. The second-order valence-corrected chi connectivity index (χ2v) is 6.90. The lowest BCUT2D eigenvalue weighted by Gasteiger charge is -2.33. The summed E-state index contributed by atoms with van der Waals surface area (Å²) in [6, 6.07) is 8.29. The summed E-state index contributed by atoms with van der Waals surface area (Å²) in [5.41, 5.74) is 3.35. The molecule has 1 atom stereocenters. The van der Waals surface area contributed by atoms with Gasteiger partial charge in [0.25, 0.3) is 0 Å². The van der Waals surface area contributed by atoms with Gasteiger partial charge in [0.05, 0.1) is 12.7 Å². The van der Waals surface area contributed by atoms with E-state index in [1.807, 2.05) is 13.0 Å². The van der Waals surface area contributed by atoms with E-state index in [-0.39, 0.29) is 6.10 Å². The molecule has 2 aliphatic heterocycles. The number of ether oxygens (including phenoxy) is 3. The fourth-order valence-electron chi connectivity index (χ4n) is 3.50. The molecular formula is C20H25N3O3. The van der Waals surface area contributed by atoms with Crippen LogP contribution in [0.3, 0.4) is 0 Å². The molecule has 0 aliphatic carbocycles. The van der Waals surface area contributed by atoms with Crippen LogP contribution in [0.25, 0.3) is 0 Å². The number of rotatable bonds is 5. The van der Waals surface area contributed by atoms with E-state index in [0.717, 1.165) is 62.0 Å². The lowest BCUT2D eigenvalue weighted by molar-refractivity contribution is -0.0347. The lowest BCUT2D eigenvalue weighted by Crippen LogP contribution is -2.42. The summed E-state index contributed by atoms with van der Waals surface area (Å²) >= 11 is 0. The molecule has 1 aromatic heterocycles. The van der Waals surface area contributed by atoms with Gasteiger partial charge in [-0.2, -0.15) is 0 Å². The van der Waals surface area contributed by atoms with E-state index < -0.39 is 0 Å². The van der Waals surface area contributed by atoms with Crippen LogP contribution in [-0.4, -0.2) is 53.9 Å². The monoisotopic (exact) mass is 355 g/mol. The molecule has 3 heterocycles. The van der Waals surface area contributed by atoms with E-state index in [1.54, 1.807) is 6.33 Å². The summed E-state index contributed by atoms with van der Waals surface area (Å²) < 4.78 is 17.2. The van der Waals surface area contributed by atoms with Crippen molar-refractivity contribution in [3.63, 3.8) is 0 Å². The molecule has 0 radical (unpaired) electrons. The third-order valence-electron chi connectivity index (χ3n) is 4.82. The maximum atomic E-state index is 5.96. The predicted molar refractivity (Wildman–Crippen MR) is 97.5 cm³/mol. The van der Waals surface area contributed by atoms with Crippen LogP contribution in [0.1, 0.15) is 23.4 Å². The first-order valence-electron chi connectivity index (χ1n) is 9.26. The van der Waals surface area contributed by atoms with E-state index in [0.29, 0.717) is 13.2 Å². The smallest absolute Gasteiger partial charge is 0.161 e. The minimum Gasteiger partial charge on any atom is -0.486 e. The van der Waals surface area contributed by atoms with Gasteiger partial charge in [0.1, 0.15) is 19.5 Å². The number of benzene rings is 1. The van der Waals surface area contributed by atoms with Crippen molar-refractivity contribution in [2.45, 2.75) is 32.4 Å². The molecule has 0 N–H and O–H groups in total. The van der Waals surface area contributed by atoms with Crippen LogP contribution in [0, 0.1) is 6.92 Å². The summed E-state index contributed by atoms with van der Waals surface area (Å²) in [5.74, 6) is 1.71. The van der Waals surface area contributed by atoms with Crippen LogP contribution < -0.4 is 9.47 Å². The van der Waals surface area contributed by atoms with Crippen molar-refractivity contribution in [3.8, 4) is 11.5 Å². The molecule has 1 aromatic carbocycles. The van der Waals surface area contributed by atoms with Gasteiger partial charge in [-0.05, 0) is 43.5 Å². The topological polar surface area (TPSA) is 56.7 Å². The number of fused-ring (bicyclic) bond motifs is 1. The zero-order chi connectivity index (χ0) is 17.8. The number of nitrogens with zero attached hydrogens (tertiary/aromatic N) is 3. The number of aromatic nitrogens is 2. The Bertz CT molecular complexity index is 753. The maximum Gasteiger partial charge on any atom is 0.161 e. The summed E-state index contributed by atoms with van der Waals surface area (Å²) in [6.07, 6.45) is 3.79. The van der Waals surface area contributed by atoms with Crippen molar-refractivity contribution < 1.29 is 14.2 Å². The van der Waals surface area contributed by atoms with Crippen LogP contribution in [0.15, 0.2) is 30.6 Å². The van der Waals surface area contributed by atoms with Crippen molar-refractivity contribution >= 4 is 0 Å². The first-order valence-corrected chi connectivity index (χ1v) is 9.26. The molecule has 4 rings (SSSR count). The molecule has 1 fully saturated rings. The van der Waals surface area contributed by atoms with E-state index in [4.69, 9.17) is 14.2 Å². The van der Waals surface area contributed by atoms with Gasteiger partial charge in [0, 0.05) is 31.0 Å². The second-order valence-electron chi connectivity index (χ2n) is 6.90. The second kappa shape index (κ2) is 8.01. The highest BCUT2D eigenvalue weighted by molar-refractivity contribution is 5.43. The van der Waals surface area contributed by atoms with Gasteiger partial charge < -0.3 is 14.2 Å². The van der Waals surface area contributed by atoms with Gasteiger partial charge in [0.15, 0.2) is 11.5 Å². The fraction of sp³-hybridized carbons (Fsp3) is 0.500.